The van der Waals surface area contributed by atoms with Crippen LogP contribution in [0.25, 0.3) is 6.08 Å². The second-order valence-corrected chi connectivity index (χ2v) is 7.69. The molecule has 7 heteroatoms. The summed E-state index contributed by atoms with van der Waals surface area (Å²) in [6.45, 7) is 5.56. The summed E-state index contributed by atoms with van der Waals surface area (Å²) in [7, 11) is 1.60. The molecule has 152 valence electrons. The van der Waals surface area contributed by atoms with Gasteiger partial charge in [0.25, 0.3) is 5.91 Å². The third kappa shape index (κ3) is 5.14. The average molecular weight is 431 g/mol. The maximum atomic E-state index is 12.6. The van der Waals surface area contributed by atoms with Crippen molar-refractivity contribution in [3.8, 4) is 11.5 Å². The second kappa shape index (κ2) is 9.85. The fraction of sp³-hybridized carbons (Fsp3) is 0.273. The molecule has 0 N–H and O–H groups in total. The van der Waals surface area contributed by atoms with Gasteiger partial charge in [0.1, 0.15) is 6.61 Å². The number of methoxy groups -OCH3 is 1. The van der Waals surface area contributed by atoms with Crippen molar-refractivity contribution in [3.63, 3.8) is 0 Å². The van der Waals surface area contributed by atoms with Crippen molar-refractivity contribution in [1.82, 2.24) is 4.90 Å². The standard InChI is InChI=1S/C22H23ClN2O3S/c1-4-24-22-25(5-2)21(26)20(29-22)13-16-8-11-18(19(12-16)27-3)28-14-15-6-9-17(23)10-7-15/h6-13H,4-5,14H2,1-3H3. The molecule has 5 nitrogen and oxygen atoms in total. The number of hydrogen-bond donors (Lipinski definition) is 0. The highest BCUT2D eigenvalue weighted by Crippen LogP contribution is 2.34. The molecule has 1 aliphatic rings. The molecule has 0 aliphatic carbocycles. The minimum Gasteiger partial charge on any atom is -0.493 e. The number of carbonyl (C=O) groups excluding carboxylic acids is 1. The van der Waals surface area contributed by atoms with Gasteiger partial charge in [-0.05, 0) is 67.1 Å². The number of amidine groups is 1. The van der Waals surface area contributed by atoms with Crippen LogP contribution in [-0.2, 0) is 11.4 Å². The van der Waals surface area contributed by atoms with Crippen LogP contribution in [0.2, 0.25) is 5.02 Å². The minimum atomic E-state index is -0.0215. The molecule has 0 radical (unpaired) electrons. The summed E-state index contributed by atoms with van der Waals surface area (Å²) in [5, 5.41) is 1.44. The number of carbonyl (C=O) groups is 1. The van der Waals surface area contributed by atoms with Crippen molar-refractivity contribution in [3.05, 3.63) is 63.5 Å². The van der Waals surface area contributed by atoms with Crippen LogP contribution in [0.15, 0.2) is 52.4 Å². The van der Waals surface area contributed by atoms with E-state index < -0.39 is 0 Å². The number of halogens is 1. The largest absolute Gasteiger partial charge is 0.493 e. The SMILES string of the molecule is CCN=C1SC(=Cc2ccc(OCc3ccc(Cl)cc3)c(OC)c2)C(=O)N1CC. The summed E-state index contributed by atoms with van der Waals surface area (Å²) in [5.41, 5.74) is 1.88. The van der Waals surface area contributed by atoms with Crippen LogP contribution in [0.4, 0.5) is 0 Å². The number of nitrogens with zero attached hydrogens (tertiary/aromatic N) is 2. The smallest absolute Gasteiger partial charge is 0.266 e. The summed E-state index contributed by atoms with van der Waals surface area (Å²) in [4.78, 5) is 19.4. The molecule has 0 atom stereocenters. The van der Waals surface area contributed by atoms with Crippen molar-refractivity contribution < 1.29 is 14.3 Å². The maximum Gasteiger partial charge on any atom is 0.266 e. The van der Waals surface area contributed by atoms with Crippen molar-refractivity contribution in [2.75, 3.05) is 20.2 Å². The van der Waals surface area contributed by atoms with Crippen LogP contribution in [0.5, 0.6) is 11.5 Å². The first-order valence-electron chi connectivity index (χ1n) is 9.36. The lowest BCUT2D eigenvalue weighted by atomic mass is 10.1. The Morgan fingerprint density at radius 1 is 1.14 bits per heavy atom. The van der Waals surface area contributed by atoms with Crippen molar-refractivity contribution in [2.45, 2.75) is 20.5 Å². The zero-order valence-corrected chi connectivity index (χ0v) is 18.2. The molecule has 1 aliphatic heterocycles. The van der Waals surface area contributed by atoms with Gasteiger partial charge in [0.2, 0.25) is 0 Å². The number of thioether (sulfide) groups is 1. The van der Waals surface area contributed by atoms with E-state index >= 15 is 0 Å². The van der Waals surface area contributed by atoms with E-state index in [1.54, 1.807) is 12.0 Å². The van der Waals surface area contributed by atoms with E-state index in [9.17, 15) is 4.79 Å². The molecule has 1 fully saturated rings. The molecule has 1 heterocycles. The molecule has 1 amide bonds. The Hall–Kier alpha value is -2.44. The van der Waals surface area contributed by atoms with Gasteiger partial charge >= 0.3 is 0 Å². The molecule has 29 heavy (non-hydrogen) atoms. The van der Waals surface area contributed by atoms with Crippen molar-refractivity contribution in [2.24, 2.45) is 4.99 Å². The minimum absolute atomic E-state index is 0.0215. The third-order valence-electron chi connectivity index (χ3n) is 4.29. The van der Waals surface area contributed by atoms with Crippen molar-refractivity contribution >= 4 is 40.5 Å². The molecular formula is C22H23ClN2O3S. The molecule has 0 aromatic heterocycles. The van der Waals surface area contributed by atoms with Crippen molar-refractivity contribution in [1.29, 1.82) is 0 Å². The molecule has 3 rings (SSSR count). The first kappa shape index (κ1) is 21.3. The molecule has 2 aromatic carbocycles. The highest BCUT2D eigenvalue weighted by Gasteiger charge is 2.31. The number of ether oxygens (including phenoxy) is 2. The van der Waals surface area contributed by atoms with Crippen LogP contribution < -0.4 is 9.47 Å². The van der Waals surface area contributed by atoms with Crippen LogP contribution in [0.1, 0.15) is 25.0 Å². The van der Waals surface area contributed by atoms with Gasteiger partial charge in [0.05, 0.1) is 12.0 Å². The predicted octanol–water partition coefficient (Wildman–Crippen LogP) is 5.24. The van der Waals surface area contributed by atoms with E-state index in [2.05, 4.69) is 4.99 Å². The Morgan fingerprint density at radius 3 is 2.55 bits per heavy atom. The zero-order valence-electron chi connectivity index (χ0n) is 16.6. The number of rotatable bonds is 7. The van der Waals surface area contributed by atoms with Gasteiger partial charge in [-0.25, -0.2) is 0 Å². The van der Waals surface area contributed by atoms with E-state index in [1.165, 1.54) is 11.8 Å². The number of hydrogen-bond acceptors (Lipinski definition) is 5. The molecule has 1 saturated heterocycles. The summed E-state index contributed by atoms with van der Waals surface area (Å²) in [6.07, 6.45) is 1.86. The Kier molecular flexibility index (Phi) is 7.23. The van der Waals surface area contributed by atoms with Crippen LogP contribution >= 0.6 is 23.4 Å². The quantitative estimate of drug-likeness (QED) is 0.563. The highest BCUT2D eigenvalue weighted by molar-refractivity contribution is 8.18. The van der Waals surface area contributed by atoms with E-state index in [4.69, 9.17) is 21.1 Å². The Balaban J connectivity index is 1.78. The monoisotopic (exact) mass is 430 g/mol. The number of amides is 1. The Morgan fingerprint density at radius 2 is 1.90 bits per heavy atom. The van der Waals surface area contributed by atoms with Crippen LogP contribution in [-0.4, -0.2) is 36.2 Å². The Labute approximate surface area is 180 Å². The molecule has 0 bridgehead atoms. The highest BCUT2D eigenvalue weighted by atomic mass is 35.5. The first-order chi connectivity index (χ1) is 14.0. The number of likely N-dealkylation sites (N-methyl/N-ethyl adjacent to an activating group) is 1. The van der Waals surface area contributed by atoms with Gasteiger partial charge in [-0.3, -0.25) is 14.7 Å². The zero-order chi connectivity index (χ0) is 20.8. The van der Waals surface area contributed by atoms with Gasteiger partial charge in [-0.1, -0.05) is 29.8 Å². The summed E-state index contributed by atoms with van der Waals surface area (Å²) < 4.78 is 11.4. The maximum absolute atomic E-state index is 12.6. The molecular weight excluding hydrogens is 408 g/mol. The lowest BCUT2D eigenvalue weighted by Gasteiger charge is -2.12. The van der Waals surface area contributed by atoms with E-state index in [0.717, 1.165) is 16.3 Å². The van der Waals surface area contributed by atoms with Gasteiger partial charge in [-0.15, -0.1) is 0 Å². The second-order valence-electron chi connectivity index (χ2n) is 6.24. The molecule has 2 aromatic rings. The van der Waals surface area contributed by atoms with E-state index in [1.807, 2.05) is 62.4 Å². The van der Waals surface area contributed by atoms with Gasteiger partial charge < -0.3 is 9.47 Å². The number of aliphatic imine (C=N–C) groups is 1. The summed E-state index contributed by atoms with van der Waals surface area (Å²) >= 11 is 7.32. The van der Waals surface area contributed by atoms with E-state index in [-0.39, 0.29) is 5.91 Å². The Bertz CT molecular complexity index is 942. The van der Waals surface area contributed by atoms with Crippen LogP contribution in [0, 0.1) is 0 Å². The van der Waals surface area contributed by atoms with Gasteiger partial charge in [0, 0.05) is 18.1 Å². The number of benzene rings is 2. The third-order valence-corrected chi connectivity index (χ3v) is 5.59. The molecule has 0 saturated carbocycles. The van der Waals surface area contributed by atoms with Gasteiger partial charge in [0.15, 0.2) is 16.7 Å². The lowest BCUT2D eigenvalue weighted by Crippen LogP contribution is -2.28. The lowest BCUT2D eigenvalue weighted by molar-refractivity contribution is -0.122. The molecule has 0 spiro atoms. The normalized spacial score (nSPS) is 16.7. The van der Waals surface area contributed by atoms with Crippen LogP contribution in [0.3, 0.4) is 0 Å². The topological polar surface area (TPSA) is 51.1 Å². The fourth-order valence-corrected chi connectivity index (χ4v) is 4.06. The summed E-state index contributed by atoms with van der Waals surface area (Å²) in [5.74, 6) is 1.23. The first-order valence-corrected chi connectivity index (χ1v) is 10.6. The summed E-state index contributed by atoms with van der Waals surface area (Å²) in [6, 6.07) is 13.1. The molecule has 0 unspecified atom stereocenters. The average Bonchev–Trinajstić information content (AvgIpc) is 3.02. The predicted molar refractivity (Wildman–Crippen MR) is 120 cm³/mol. The fourth-order valence-electron chi connectivity index (χ4n) is 2.83. The van der Waals surface area contributed by atoms with E-state index in [0.29, 0.717) is 41.1 Å². The van der Waals surface area contributed by atoms with Gasteiger partial charge in [-0.2, -0.15) is 0 Å².